The van der Waals surface area contributed by atoms with E-state index < -0.39 is 0 Å². The van der Waals surface area contributed by atoms with E-state index in [1.807, 2.05) is 0 Å². The molecule has 0 aromatic carbocycles. The molecule has 112 valence electrons. The van der Waals surface area contributed by atoms with Gasteiger partial charge in [0.1, 0.15) is 0 Å². The first kappa shape index (κ1) is 15.3. The lowest BCUT2D eigenvalue weighted by atomic mass is 9.76. The highest BCUT2D eigenvalue weighted by atomic mass is 16.5. The minimum atomic E-state index is 0.448. The minimum absolute atomic E-state index is 0.448. The van der Waals surface area contributed by atoms with Crippen molar-refractivity contribution >= 4 is 0 Å². The van der Waals surface area contributed by atoms with E-state index >= 15 is 0 Å². The predicted molar refractivity (Wildman–Crippen MR) is 81.2 cm³/mol. The van der Waals surface area contributed by atoms with Gasteiger partial charge < -0.3 is 10.5 Å². The third-order valence-electron chi connectivity index (χ3n) is 5.28. The van der Waals surface area contributed by atoms with Gasteiger partial charge in [0.25, 0.3) is 0 Å². The Morgan fingerprint density at radius 2 is 1.89 bits per heavy atom. The van der Waals surface area contributed by atoms with Crippen molar-refractivity contribution in [2.45, 2.75) is 89.7 Å². The smallest absolute Gasteiger partial charge is 0.0576 e. The topological polar surface area (TPSA) is 35.2 Å². The van der Waals surface area contributed by atoms with E-state index in [9.17, 15) is 0 Å². The van der Waals surface area contributed by atoms with Crippen molar-refractivity contribution in [1.82, 2.24) is 0 Å². The van der Waals surface area contributed by atoms with E-state index in [2.05, 4.69) is 6.92 Å². The lowest BCUT2D eigenvalue weighted by Gasteiger charge is -2.32. The van der Waals surface area contributed by atoms with Gasteiger partial charge in [-0.1, -0.05) is 32.6 Å². The molecule has 1 saturated carbocycles. The quantitative estimate of drug-likeness (QED) is 0.747. The fourth-order valence-electron chi connectivity index (χ4n) is 4.00. The van der Waals surface area contributed by atoms with Crippen molar-refractivity contribution in [2.75, 3.05) is 6.61 Å². The number of hydrogen-bond acceptors (Lipinski definition) is 2. The monoisotopic (exact) mass is 267 g/mol. The molecule has 2 N–H and O–H groups in total. The standard InChI is InChI=1S/C17H33NO/c1-2-5-14-9-11-15(12-10-14)17(18)8-3-6-16-7-4-13-19-16/h14-17H,2-13,18H2,1H3. The van der Waals surface area contributed by atoms with Crippen LogP contribution in [-0.2, 0) is 4.74 Å². The lowest BCUT2D eigenvalue weighted by molar-refractivity contribution is 0.100. The molecule has 1 aliphatic carbocycles. The van der Waals surface area contributed by atoms with E-state index in [1.54, 1.807) is 0 Å². The van der Waals surface area contributed by atoms with Crippen LogP contribution >= 0.6 is 0 Å². The fraction of sp³-hybridized carbons (Fsp3) is 1.00. The van der Waals surface area contributed by atoms with Gasteiger partial charge in [-0.25, -0.2) is 0 Å². The molecular weight excluding hydrogens is 234 g/mol. The summed E-state index contributed by atoms with van der Waals surface area (Å²) in [5, 5.41) is 0. The Balaban J connectivity index is 1.57. The Bertz CT molecular complexity index is 229. The molecule has 2 fully saturated rings. The van der Waals surface area contributed by atoms with Crippen LogP contribution in [0.4, 0.5) is 0 Å². The van der Waals surface area contributed by atoms with Gasteiger partial charge in [-0.3, -0.25) is 0 Å². The van der Waals surface area contributed by atoms with Gasteiger partial charge in [0.05, 0.1) is 6.10 Å². The summed E-state index contributed by atoms with van der Waals surface area (Å²) >= 11 is 0. The summed E-state index contributed by atoms with van der Waals surface area (Å²) in [6.07, 6.45) is 15.2. The van der Waals surface area contributed by atoms with E-state index in [0.717, 1.165) is 18.4 Å². The summed E-state index contributed by atoms with van der Waals surface area (Å²) in [6.45, 7) is 3.29. The van der Waals surface area contributed by atoms with Crippen molar-refractivity contribution in [1.29, 1.82) is 0 Å². The van der Waals surface area contributed by atoms with Crippen LogP contribution in [0.15, 0.2) is 0 Å². The summed E-state index contributed by atoms with van der Waals surface area (Å²) in [7, 11) is 0. The van der Waals surface area contributed by atoms with Crippen molar-refractivity contribution in [3.05, 3.63) is 0 Å². The van der Waals surface area contributed by atoms with Crippen molar-refractivity contribution in [3.63, 3.8) is 0 Å². The van der Waals surface area contributed by atoms with Gasteiger partial charge in [0.15, 0.2) is 0 Å². The van der Waals surface area contributed by atoms with Crippen LogP contribution in [0, 0.1) is 11.8 Å². The summed E-state index contributed by atoms with van der Waals surface area (Å²) in [6, 6.07) is 0.448. The zero-order chi connectivity index (χ0) is 13.5. The normalized spacial score (nSPS) is 33.5. The van der Waals surface area contributed by atoms with Crippen LogP contribution in [0.25, 0.3) is 0 Å². The number of nitrogens with two attached hydrogens (primary N) is 1. The molecule has 2 rings (SSSR count). The highest BCUT2D eigenvalue weighted by Gasteiger charge is 2.25. The Labute approximate surface area is 119 Å². The molecule has 0 aromatic heterocycles. The second-order valence-corrected chi connectivity index (χ2v) is 6.80. The first-order valence-corrected chi connectivity index (χ1v) is 8.66. The summed E-state index contributed by atoms with van der Waals surface area (Å²) in [5.74, 6) is 1.80. The molecule has 2 heteroatoms. The van der Waals surface area contributed by atoms with E-state index in [-0.39, 0.29) is 0 Å². The molecule has 0 bridgehead atoms. The first-order chi connectivity index (χ1) is 9.29. The Kier molecular flexibility index (Phi) is 6.66. The fourth-order valence-corrected chi connectivity index (χ4v) is 4.00. The van der Waals surface area contributed by atoms with Crippen molar-refractivity contribution in [2.24, 2.45) is 17.6 Å². The summed E-state index contributed by atoms with van der Waals surface area (Å²) in [5.41, 5.74) is 6.41. The second kappa shape index (κ2) is 8.26. The summed E-state index contributed by atoms with van der Waals surface area (Å²) in [4.78, 5) is 0. The van der Waals surface area contributed by atoms with Crippen LogP contribution in [0.3, 0.4) is 0 Å². The van der Waals surface area contributed by atoms with Gasteiger partial charge in [-0.05, 0) is 56.8 Å². The zero-order valence-corrected chi connectivity index (χ0v) is 12.8. The van der Waals surface area contributed by atoms with E-state index in [4.69, 9.17) is 10.5 Å². The molecule has 1 heterocycles. The van der Waals surface area contributed by atoms with Crippen LogP contribution < -0.4 is 5.73 Å². The maximum absolute atomic E-state index is 6.41. The zero-order valence-electron chi connectivity index (χ0n) is 12.8. The molecule has 0 spiro atoms. The van der Waals surface area contributed by atoms with Gasteiger partial charge >= 0.3 is 0 Å². The van der Waals surface area contributed by atoms with E-state index in [1.165, 1.54) is 70.6 Å². The molecule has 2 unspecified atom stereocenters. The highest BCUT2D eigenvalue weighted by molar-refractivity contribution is 4.80. The number of hydrogen-bond donors (Lipinski definition) is 1. The van der Waals surface area contributed by atoms with Crippen LogP contribution in [-0.4, -0.2) is 18.8 Å². The van der Waals surface area contributed by atoms with Gasteiger partial charge in [0, 0.05) is 12.6 Å². The van der Waals surface area contributed by atoms with Crippen LogP contribution in [0.5, 0.6) is 0 Å². The minimum Gasteiger partial charge on any atom is -0.378 e. The lowest BCUT2D eigenvalue weighted by Crippen LogP contribution is -2.33. The Morgan fingerprint density at radius 1 is 1.11 bits per heavy atom. The average molecular weight is 267 g/mol. The first-order valence-electron chi connectivity index (χ1n) is 8.66. The molecule has 0 aromatic rings. The molecule has 2 aliphatic rings. The van der Waals surface area contributed by atoms with Gasteiger partial charge in [-0.15, -0.1) is 0 Å². The predicted octanol–water partition coefficient (Wildman–Crippen LogP) is 4.27. The van der Waals surface area contributed by atoms with Crippen LogP contribution in [0.2, 0.25) is 0 Å². The molecule has 0 amide bonds. The summed E-state index contributed by atoms with van der Waals surface area (Å²) < 4.78 is 5.68. The van der Waals surface area contributed by atoms with Crippen molar-refractivity contribution in [3.8, 4) is 0 Å². The maximum Gasteiger partial charge on any atom is 0.0576 e. The van der Waals surface area contributed by atoms with Crippen LogP contribution in [0.1, 0.15) is 77.6 Å². The third kappa shape index (κ3) is 5.07. The number of rotatable bonds is 7. The van der Waals surface area contributed by atoms with Gasteiger partial charge in [0.2, 0.25) is 0 Å². The molecule has 0 radical (unpaired) electrons. The Hall–Kier alpha value is -0.0800. The SMILES string of the molecule is CCCC1CCC(C(N)CCCC2CCCO2)CC1. The Morgan fingerprint density at radius 3 is 2.53 bits per heavy atom. The van der Waals surface area contributed by atoms with Crippen molar-refractivity contribution < 1.29 is 4.74 Å². The van der Waals surface area contributed by atoms with Gasteiger partial charge in [-0.2, -0.15) is 0 Å². The molecule has 2 nitrogen and oxygen atoms in total. The second-order valence-electron chi connectivity index (χ2n) is 6.80. The third-order valence-corrected chi connectivity index (χ3v) is 5.28. The number of ether oxygens (including phenoxy) is 1. The molecular formula is C17H33NO. The van der Waals surface area contributed by atoms with E-state index in [0.29, 0.717) is 12.1 Å². The molecule has 2 atom stereocenters. The molecule has 1 saturated heterocycles. The maximum atomic E-state index is 6.41. The average Bonchev–Trinajstić information content (AvgIpc) is 2.93. The molecule has 19 heavy (non-hydrogen) atoms. The molecule has 1 aliphatic heterocycles. The highest BCUT2D eigenvalue weighted by Crippen LogP contribution is 2.34. The largest absolute Gasteiger partial charge is 0.378 e.